The molecular weight excluding hydrogens is 365 g/mol. The average Bonchev–Trinajstić information content (AvgIpc) is 2.71. The first-order valence-electron chi connectivity index (χ1n) is 11.0. The molecule has 0 amide bonds. The Morgan fingerprint density at radius 2 is 1.59 bits per heavy atom. The van der Waals surface area contributed by atoms with Gasteiger partial charge in [0.25, 0.3) is 0 Å². The Kier molecular flexibility index (Phi) is 4.99. The largest absolute Gasteiger partial charge is 0.493 e. The van der Waals surface area contributed by atoms with Crippen molar-refractivity contribution in [1.82, 2.24) is 0 Å². The van der Waals surface area contributed by atoms with Gasteiger partial charge in [0.15, 0.2) is 11.5 Å². The monoisotopic (exact) mass is 396 g/mol. The number of halogens is 1. The Morgan fingerprint density at radius 3 is 2.24 bits per heavy atom. The van der Waals surface area contributed by atoms with E-state index in [-0.39, 0.29) is 12.4 Å². The first-order valence-corrected chi connectivity index (χ1v) is 11.0. The van der Waals surface area contributed by atoms with Crippen molar-refractivity contribution in [3.05, 3.63) is 59.4 Å². The molecule has 154 valence electrons. The molecule has 0 spiro atoms. The fourth-order valence-corrected chi connectivity index (χ4v) is 6.57. The van der Waals surface area contributed by atoms with Gasteiger partial charge >= 0.3 is 0 Å². The van der Waals surface area contributed by atoms with Crippen LogP contribution in [0.1, 0.15) is 49.7 Å². The molecule has 0 aromatic heterocycles. The van der Waals surface area contributed by atoms with E-state index in [0.29, 0.717) is 11.1 Å². The van der Waals surface area contributed by atoms with Gasteiger partial charge in [-0.3, -0.25) is 0 Å². The fraction of sp³-hybridized carbons (Fsp3) is 0.520. The highest BCUT2D eigenvalue weighted by Gasteiger charge is 2.53. The molecule has 6 rings (SSSR count). The lowest BCUT2D eigenvalue weighted by Crippen LogP contribution is -2.97. The quantitative estimate of drug-likeness (QED) is 0.751. The highest BCUT2D eigenvalue weighted by Crippen LogP contribution is 2.54. The van der Waals surface area contributed by atoms with Crippen molar-refractivity contribution in [2.45, 2.75) is 57.2 Å². The van der Waals surface area contributed by atoms with Gasteiger partial charge in [-0.15, -0.1) is 0 Å². The molecule has 4 heteroatoms. The van der Waals surface area contributed by atoms with Crippen LogP contribution in [-0.2, 0) is 13.2 Å². The van der Waals surface area contributed by atoms with Crippen LogP contribution in [0, 0.1) is 23.6 Å². The van der Waals surface area contributed by atoms with Crippen LogP contribution in [0.15, 0.2) is 42.5 Å². The lowest BCUT2D eigenvalue weighted by molar-refractivity contribution is -0.752. The van der Waals surface area contributed by atoms with Crippen LogP contribution in [0.3, 0.4) is 0 Å². The molecule has 4 aliphatic rings. The second-order valence-corrected chi connectivity index (χ2v) is 9.52. The summed E-state index contributed by atoms with van der Waals surface area (Å²) in [5.41, 5.74) is 2.12. The highest BCUT2D eigenvalue weighted by molar-refractivity contribution is 5.46. The normalized spacial score (nSPS) is 29.8. The van der Waals surface area contributed by atoms with Crippen LogP contribution in [0.5, 0.6) is 11.5 Å². The molecule has 4 bridgehead atoms. The molecule has 2 aromatic rings. The Bertz CT molecular complexity index is 846. The fourth-order valence-electron chi connectivity index (χ4n) is 6.57. The van der Waals surface area contributed by atoms with Crippen LogP contribution in [0.25, 0.3) is 0 Å². The summed E-state index contributed by atoms with van der Waals surface area (Å²) in [6.07, 6.45) is 8.49. The summed E-state index contributed by atoms with van der Waals surface area (Å²) >= 11 is 0. The highest BCUT2D eigenvalue weighted by atomic mass is 19.1. The number of ether oxygens (including phenoxy) is 2. The minimum Gasteiger partial charge on any atom is -0.493 e. The molecule has 4 saturated carbocycles. The third kappa shape index (κ3) is 3.75. The van der Waals surface area contributed by atoms with Gasteiger partial charge in [0, 0.05) is 24.8 Å². The summed E-state index contributed by atoms with van der Waals surface area (Å²) in [5.74, 6) is 4.07. The van der Waals surface area contributed by atoms with Gasteiger partial charge in [0.05, 0.1) is 18.2 Å². The number of para-hydroxylation sites is 1. The summed E-state index contributed by atoms with van der Waals surface area (Å²) in [6.45, 7) is 1.09. The Balaban J connectivity index is 1.33. The molecule has 2 N–H and O–H groups in total. The maximum absolute atomic E-state index is 14.0. The molecule has 29 heavy (non-hydrogen) atoms. The predicted octanol–water partition coefficient (Wildman–Crippen LogP) is 4.45. The Labute approximate surface area is 172 Å². The standard InChI is InChI=1S/C25H30FNO2/c1-28-23-8-4-6-20(24(23)29-16-21-5-2-3-7-22(21)26)15-27-25-12-17-9-18(13-25)11-19(10-17)14-25/h2-8,17-19,27H,9-16H2,1H3/p+1. The van der Waals surface area contributed by atoms with Crippen LogP contribution in [0.4, 0.5) is 4.39 Å². The smallest absolute Gasteiger partial charge is 0.170 e. The number of rotatable bonds is 7. The summed E-state index contributed by atoms with van der Waals surface area (Å²) in [5, 5.41) is 2.59. The van der Waals surface area contributed by atoms with Gasteiger partial charge in [-0.25, -0.2) is 4.39 Å². The molecule has 0 radical (unpaired) electrons. The summed E-state index contributed by atoms with van der Waals surface area (Å²) in [6, 6.07) is 12.9. The van der Waals surface area contributed by atoms with Crippen LogP contribution in [-0.4, -0.2) is 12.6 Å². The van der Waals surface area contributed by atoms with Crippen molar-refractivity contribution in [3.63, 3.8) is 0 Å². The lowest BCUT2D eigenvalue weighted by atomic mass is 9.53. The summed E-state index contributed by atoms with van der Waals surface area (Å²) in [4.78, 5) is 0. The molecule has 4 aliphatic carbocycles. The minimum absolute atomic E-state index is 0.206. The first-order chi connectivity index (χ1) is 14.1. The summed E-state index contributed by atoms with van der Waals surface area (Å²) < 4.78 is 25.7. The zero-order valence-electron chi connectivity index (χ0n) is 17.2. The van der Waals surface area contributed by atoms with E-state index in [4.69, 9.17) is 9.47 Å². The van der Waals surface area contributed by atoms with E-state index >= 15 is 0 Å². The number of nitrogens with two attached hydrogens (primary N) is 1. The Morgan fingerprint density at radius 1 is 0.931 bits per heavy atom. The Hall–Kier alpha value is -2.07. The average molecular weight is 397 g/mol. The molecular formula is C25H31FNO2+. The van der Waals surface area contributed by atoms with E-state index in [2.05, 4.69) is 11.4 Å². The van der Waals surface area contributed by atoms with Crippen molar-refractivity contribution in [3.8, 4) is 11.5 Å². The molecule has 0 aliphatic heterocycles. The molecule has 4 fully saturated rings. The maximum Gasteiger partial charge on any atom is 0.170 e. The van der Waals surface area contributed by atoms with Crippen molar-refractivity contribution >= 4 is 0 Å². The van der Waals surface area contributed by atoms with Gasteiger partial charge in [-0.05, 0) is 55.2 Å². The number of hydrogen-bond acceptors (Lipinski definition) is 2. The third-order valence-corrected chi connectivity index (χ3v) is 7.45. The molecule has 2 aromatic carbocycles. The van der Waals surface area contributed by atoms with E-state index in [1.54, 1.807) is 19.2 Å². The van der Waals surface area contributed by atoms with Crippen molar-refractivity contribution in [2.24, 2.45) is 17.8 Å². The minimum atomic E-state index is -0.232. The van der Waals surface area contributed by atoms with E-state index in [1.165, 1.54) is 44.6 Å². The van der Waals surface area contributed by atoms with Gasteiger partial charge < -0.3 is 14.8 Å². The number of methoxy groups -OCH3 is 1. The van der Waals surface area contributed by atoms with E-state index in [1.807, 2.05) is 18.2 Å². The van der Waals surface area contributed by atoms with Gasteiger partial charge in [-0.1, -0.05) is 24.3 Å². The predicted molar refractivity (Wildman–Crippen MR) is 110 cm³/mol. The molecule has 0 heterocycles. The molecule has 3 nitrogen and oxygen atoms in total. The van der Waals surface area contributed by atoms with E-state index < -0.39 is 0 Å². The summed E-state index contributed by atoms with van der Waals surface area (Å²) in [7, 11) is 1.66. The zero-order valence-corrected chi connectivity index (χ0v) is 17.2. The zero-order chi connectivity index (χ0) is 19.8. The van der Waals surface area contributed by atoms with Crippen molar-refractivity contribution in [2.75, 3.05) is 7.11 Å². The SMILES string of the molecule is COc1cccc(C[NH2+]C23CC4CC(CC(C4)C2)C3)c1OCc1ccccc1F. The number of benzene rings is 2. The van der Waals surface area contributed by atoms with Gasteiger partial charge in [0.1, 0.15) is 19.0 Å². The van der Waals surface area contributed by atoms with Crippen molar-refractivity contribution < 1.29 is 19.2 Å². The lowest BCUT2D eigenvalue weighted by Gasteiger charge is -2.54. The van der Waals surface area contributed by atoms with Crippen molar-refractivity contribution in [1.29, 1.82) is 0 Å². The van der Waals surface area contributed by atoms with Crippen LogP contribution < -0.4 is 14.8 Å². The van der Waals surface area contributed by atoms with E-state index in [9.17, 15) is 4.39 Å². The number of quaternary nitrogens is 1. The maximum atomic E-state index is 14.0. The molecule has 0 unspecified atom stereocenters. The van der Waals surface area contributed by atoms with Gasteiger partial charge in [0.2, 0.25) is 0 Å². The second kappa shape index (κ2) is 7.64. The second-order valence-electron chi connectivity index (χ2n) is 9.52. The molecule has 0 saturated heterocycles. The third-order valence-electron chi connectivity index (χ3n) is 7.45. The molecule has 0 atom stereocenters. The first kappa shape index (κ1) is 18.9. The topological polar surface area (TPSA) is 35.1 Å². The number of hydrogen-bond donors (Lipinski definition) is 1. The van der Waals surface area contributed by atoms with Crippen LogP contribution >= 0.6 is 0 Å². The van der Waals surface area contributed by atoms with Crippen LogP contribution in [0.2, 0.25) is 0 Å². The van der Waals surface area contributed by atoms with Gasteiger partial charge in [-0.2, -0.15) is 0 Å². The van der Waals surface area contributed by atoms with E-state index in [0.717, 1.165) is 41.4 Å².